The van der Waals surface area contributed by atoms with Crippen LogP contribution in [-0.4, -0.2) is 44.6 Å². The first-order valence-corrected chi connectivity index (χ1v) is 10.4. The second-order valence-electron chi connectivity index (χ2n) is 10.4. The van der Waals surface area contributed by atoms with Gasteiger partial charge in [0, 0.05) is 24.5 Å². The van der Waals surface area contributed by atoms with E-state index < -0.39 is 63.6 Å². The number of carbonyl (C=O) groups excluding carboxylic acids is 3. The Bertz CT molecular complexity index is 923. The second kappa shape index (κ2) is 8.61. The Balaban J connectivity index is 2.70. The normalized spacial score (nSPS) is 26.4. The van der Waals surface area contributed by atoms with Crippen LogP contribution in [0, 0.1) is 22.0 Å². The van der Waals surface area contributed by atoms with Crippen LogP contribution in [0.25, 0.3) is 0 Å². The predicted octanol–water partition coefficient (Wildman–Crippen LogP) is 3.32. The molecule has 2 rings (SSSR count). The van der Waals surface area contributed by atoms with Gasteiger partial charge in [-0.05, 0) is 54.0 Å². The molecule has 0 bridgehead atoms. The molecule has 0 unspecified atom stereocenters. The fourth-order valence-corrected chi connectivity index (χ4v) is 3.99. The standard InChI is InChI=1S/C23H31NO8/c1-21(2,3)31-19(26)17-15(25)12-23(7,28)18(20(27)32-22(4,5)6)16(17)13-9-8-10-14(11-13)24(29)30/h8-11,16-18,28H,12H2,1-7H3/t16-,17+,18+,23-/m1/s1. The molecule has 1 saturated carbocycles. The van der Waals surface area contributed by atoms with Crippen molar-refractivity contribution in [2.24, 2.45) is 11.8 Å². The van der Waals surface area contributed by atoms with Gasteiger partial charge in [0.2, 0.25) is 0 Å². The zero-order valence-corrected chi connectivity index (χ0v) is 19.5. The van der Waals surface area contributed by atoms with Crippen molar-refractivity contribution in [2.75, 3.05) is 0 Å². The fraction of sp³-hybridized carbons (Fsp3) is 0.609. The fourth-order valence-electron chi connectivity index (χ4n) is 3.99. The molecule has 1 aliphatic rings. The first kappa shape index (κ1) is 25.5. The Morgan fingerprint density at radius 3 is 2.12 bits per heavy atom. The summed E-state index contributed by atoms with van der Waals surface area (Å²) >= 11 is 0. The van der Waals surface area contributed by atoms with Gasteiger partial charge in [-0.2, -0.15) is 0 Å². The molecule has 0 radical (unpaired) electrons. The van der Waals surface area contributed by atoms with Gasteiger partial charge in [0.25, 0.3) is 5.69 Å². The Labute approximate surface area is 187 Å². The third-order valence-electron chi connectivity index (χ3n) is 5.05. The molecule has 9 nitrogen and oxygen atoms in total. The van der Waals surface area contributed by atoms with Gasteiger partial charge in [0.1, 0.15) is 17.1 Å². The van der Waals surface area contributed by atoms with Crippen molar-refractivity contribution in [2.45, 2.75) is 77.6 Å². The summed E-state index contributed by atoms with van der Waals surface area (Å²) < 4.78 is 11.0. The summed E-state index contributed by atoms with van der Waals surface area (Å²) in [6.45, 7) is 11.2. The maximum atomic E-state index is 13.2. The molecule has 0 aromatic heterocycles. The van der Waals surface area contributed by atoms with Crippen molar-refractivity contribution in [3.63, 3.8) is 0 Å². The number of rotatable bonds is 4. The molecule has 1 aromatic carbocycles. The number of esters is 2. The topological polar surface area (TPSA) is 133 Å². The average molecular weight is 450 g/mol. The van der Waals surface area contributed by atoms with E-state index in [1.54, 1.807) is 41.5 Å². The van der Waals surface area contributed by atoms with Crippen molar-refractivity contribution in [1.29, 1.82) is 0 Å². The third kappa shape index (κ3) is 5.91. The summed E-state index contributed by atoms with van der Waals surface area (Å²) in [5, 5.41) is 22.4. The maximum Gasteiger partial charge on any atom is 0.317 e. The molecule has 32 heavy (non-hydrogen) atoms. The van der Waals surface area contributed by atoms with Crippen molar-refractivity contribution < 1.29 is 33.9 Å². The van der Waals surface area contributed by atoms with Gasteiger partial charge in [-0.15, -0.1) is 0 Å². The van der Waals surface area contributed by atoms with E-state index in [0.717, 1.165) is 0 Å². The van der Waals surface area contributed by atoms with Crippen LogP contribution in [0.1, 0.15) is 66.4 Å². The van der Waals surface area contributed by atoms with Gasteiger partial charge < -0.3 is 14.6 Å². The summed E-state index contributed by atoms with van der Waals surface area (Å²) in [5.74, 6) is -6.26. The SMILES string of the molecule is CC(C)(C)OC(=O)[C@H]1C(=O)C[C@@](C)(O)[C@H](C(=O)OC(C)(C)C)[C@@H]1c1cccc([N+](=O)[O-])c1. The lowest BCUT2D eigenvalue weighted by molar-refractivity contribution is -0.385. The molecule has 1 fully saturated rings. The molecule has 1 aliphatic carbocycles. The quantitative estimate of drug-likeness (QED) is 0.320. The summed E-state index contributed by atoms with van der Waals surface area (Å²) in [6, 6.07) is 5.35. The Hall–Kier alpha value is -2.81. The number of Topliss-reactive ketones (excluding diaryl/α,β-unsaturated/α-hetero) is 1. The van der Waals surface area contributed by atoms with Crippen LogP contribution < -0.4 is 0 Å². The first-order valence-electron chi connectivity index (χ1n) is 10.4. The summed E-state index contributed by atoms with van der Waals surface area (Å²) in [6.07, 6.45) is -0.466. The molecule has 0 aliphatic heterocycles. The molecule has 0 saturated heterocycles. The molecule has 1 N–H and O–H groups in total. The van der Waals surface area contributed by atoms with Crippen molar-refractivity contribution in [3.05, 3.63) is 39.9 Å². The van der Waals surface area contributed by atoms with Crippen molar-refractivity contribution in [1.82, 2.24) is 0 Å². The van der Waals surface area contributed by atoms with E-state index in [4.69, 9.17) is 9.47 Å². The van der Waals surface area contributed by atoms with E-state index in [-0.39, 0.29) is 11.3 Å². The minimum absolute atomic E-state index is 0.194. The highest BCUT2D eigenvalue weighted by molar-refractivity contribution is 6.03. The van der Waals surface area contributed by atoms with Crippen molar-refractivity contribution in [3.8, 4) is 0 Å². The van der Waals surface area contributed by atoms with Crippen molar-refractivity contribution >= 4 is 23.4 Å². The van der Waals surface area contributed by atoms with Gasteiger partial charge in [-0.3, -0.25) is 24.5 Å². The number of hydrogen-bond acceptors (Lipinski definition) is 8. The lowest BCUT2D eigenvalue weighted by atomic mass is 9.61. The van der Waals surface area contributed by atoms with E-state index in [9.17, 15) is 29.6 Å². The van der Waals surface area contributed by atoms with Gasteiger partial charge in [0.15, 0.2) is 5.78 Å². The average Bonchev–Trinajstić information content (AvgIpc) is 2.56. The van der Waals surface area contributed by atoms with Crippen LogP contribution in [0.3, 0.4) is 0 Å². The summed E-state index contributed by atoms with van der Waals surface area (Å²) in [7, 11) is 0. The second-order valence-corrected chi connectivity index (χ2v) is 10.4. The number of nitro benzene ring substituents is 1. The lowest BCUT2D eigenvalue weighted by Gasteiger charge is -2.44. The molecule has 176 valence electrons. The smallest absolute Gasteiger partial charge is 0.317 e. The van der Waals surface area contributed by atoms with Crippen LogP contribution in [0.15, 0.2) is 24.3 Å². The number of ether oxygens (including phenoxy) is 2. The molecule has 0 spiro atoms. The van der Waals surface area contributed by atoms with Crippen LogP contribution in [-0.2, 0) is 23.9 Å². The number of carbonyl (C=O) groups is 3. The molecule has 0 amide bonds. The van der Waals surface area contributed by atoms with E-state index in [2.05, 4.69) is 0 Å². The highest BCUT2D eigenvalue weighted by Crippen LogP contribution is 2.47. The van der Waals surface area contributed by atoms with E-state index in [1.165, 1.54) is 31.2 Å². The zero-order chi connectivity index (χ0) is 24.6. The molecular formula is C23H31NO8. The monoisotopic (exact) mass is 449 g/mol. The summed E-state index contributed by atoms with van der Waals surface area (Å²) in [4.78, 5) is 50.1. The van der Waals surface area contributed by atoms with Gasteiger partial charge >= 0.3 is 11.9 Å². The number of hydrogen-bond donors (Lipinski definition) is 1. The number of nitro groups is 1. The number of non-ortho nitro benzene ring substituents is 1. The lowest BCUT2D eigenvalue weighted by Crippen LogP contribution is -2.56. The predicted molar refractivity (Wildman–Crippen MR) is 115 cm³/mol. The Morgan fingerprint density at radius 2 is 1.62 bits per heavy atom. The highest BCUT2D eigenvalue weighted by atomic mass is 16.6. The molecule has 4 atom stereocenters. The molecule has 0 heterocycles. The van der Waals surface area contributed by atoms with Gasteiger partial charge in [-0.25, -0.2) is 0 Å². The zero-order valence-electron chi connectivity index (χ0n) is 19.5. The minimum Gasteiger partial charge on any atom is -0.460 e. The third-order valence-corrected chi connectivity index (χ3v) is 5.05. The molecular weight excluding hydrogens is 418 g/mol. The van der Waals surface area contributed by atoms with Gasteiger partial charge in [-0.1, -0.05) is 12.1 Å². The van der Waals surface area contributed by atoms with Crippen LogP contribution >= 0.6 is 0 Å². The summed E-state index contributed by atoms with van der Waals surface area (Å²) in [5.41, 5.74) is -3.73. The van der Waals surface area contributed by atoms with E-state index in [0.29, 0.717) is 0 Å². The maximum absolute atomic E-state index is 13.2. The number of benzene rings is 1. The highest BCUT2D eigenvalue weighted by Gasteiger charge is 2.58. The number of aliphatic hydroxyl groups is 1. The van der Waals surface area contributed by atoms with Gasteiger partial charge in [0.05, 0.1) is 16.4 Å². The molecule has 1 aromatic rings. The number of nitrogens with zero attached hydrogens (tertiary/aromatic N) is 1. The van der Waals surface area contributed by atoms with Crippen LogP contribution in [0.5, 0.6) is 0 Å². The Morgan fingerprint density at radius 1 is 1.09 bits per heavy atom. The Kier molecular flexibility index (Phi) is 6.85. The largest absolute Gasteiger partial charge is 0.460 e. The first-order chi connectivity index (χ1) is 14.4. The minimum atomic E-state index is -1.84. The molecule has 9 heteroatoms. The van der Waals surface area contributed by atoms with E-state index >= 15 is 0 Å². The van der Waals surface area contributed by atoms with Crippen LogP contribution in [0.2, 0.25) is 0 Å². The van der Waals surface area contributed by atoms with Crippen LogP contribution in [0.4, 0.5) is 5.69 Å². The number of ketones is 1. The van der Waals surface area contributed by atoms with E-state index in [1.807, 2.05) is 0 Å².